The molecule has 1 fully saturated rings. The minimum absolute atomic E-state index is 0.0865. The van der Waals surface area contributed by atoms with Gasteiger partial charge in [0.1, 0.15) is 0 Å². The van der Waals surface area contributed by atoms with Gasteiger partial charge < -0.3 is 20.2 Å². The van der Waals surface area contributed by atoms with Gasteiger partial charge in [-0.05, 0) is 6.92 Å². The van der Waals surface area contributed by atoms with E-state index in [1.165, 1.54) is 11.8 Å². The number of hydrogen-bond donors (Lipinski definition) is 3. The molecule has 76 valence electrons. The zero-order valence-electron chi connectivity index (χ0n) is 7.55. The van der Waals surface area contributed by atoms with Crippen molar-refractivity contribution < 1.29 is 20.1 Å². The van der Waals surface area contributed by atoms with Gasteiger partial charge in [-0.3, -0.25) is 4.79 Å². The van der Waals surface area contributed by atoms with E-state index in [2.05, 4.69) is 0 Å². The second-order valence-electron chi connectivity index (χ2n) is 3.39. The molecule has 0 aliphatic carbocycles. The summed E-state index contributed by atoms with van der Waals surface area (Å²) < 4.78 is 0. The molecule has 0 aromatic rings. The van der Waals surface area contributed by atoms with Crippen LogP contribution in [0.3, 0.4) is 0 Å². The molecule has 3 N–H and O–H groups in total. The molecule has 0 saturated carbocycles. The number of β-amino-alcohol motifs (C(OH)–C–C–N with tert-alkyl or cyclic N) is 1. The first-order chi connectivity index (χ1) is 6.06. The largest absolute Gasteiger partial charge is 0.394 e. The fraction of sp³-hybridized carbons (Fsp3) is 0.875. The number of carbonyl (C=O) groups excluding carboxylic acids is 1. The van der Waals surface area contributed by atoms with Gasteiger partial charge in [0.15, 0.2) is 0 Å². The maximum atomic E-state index is 11.2. The predicted octanol–water partition coefficient (Wildman–Crippen LogP) is -1.68. The van der Waals surface area contributed by atoms with E-state index in [0.29, 0.717) is 0 Å². The number of rotatable bonds is 3. The summed E-state index contributed by atoms with van der Waals surface area (Å²) in [5.41, 5.74) is 0. The van der Waals surface area contributed by atoms with Crippen LogP contribution in [0.15, 0.2) is 0 Å². The Morgan fingerprint density at radius 2 is 2.31 bits per heavy atom. The fourth-order valence-corrected chi connectivity index (χ4v) is 1.54. The Labute approximate surface area is 76.6 Å². The lowest BCUT2D eigenvalue weighted by molar-refractivity contribution is -0.132. The van der Waals surface area contributed by atoms with Crippen molar-refractivity contribution >= 4 is 5.91 Å². The van der Waals surface area contributed by atoms with Crippen LogP contribution in [0.5, 0.6) is 0 Å². The summed E-state index contributed by atoms with van der Waals surface area (Å²) in [5, 5.41) is 27.3. The number of amides is 1. The lowest BCUT2D eigenvalue weighted by atomic mass is 10.2. The van der Waals surface area contributed by atoms with Crippen LogP contribution in [0.25, 0.3) is 0 Å². The average molecular weight is 189 g/mol. The molecule has 0 spiro atoms. The normalized spacial score (nSPS) is 27.8. The standard InChI is InChI=1S/C8H15NO4/c1-5(11)7(4-10)9-3-6(12)2-8(9)13/h5-7,10-12H,2-4H2,1H3/t5-,6?,7-/m1/s1. The summed E-state index contributed by atoms with van der Waals surface area (Å²) in [6.45, 7) is 1.43. The molecule has 13 heavy (non-hydrogen) atoms. The van der Waals surface area contributed by atoms with Crippen molar-refractivity contribution in [1.82, 2.24) is 4.90 Å². The molecule has 0 aromatic carbocycles. The Morgan fingerprint density at radius 3 is 2.62 bits per heavy atom. The van der Waals surface area contributed by atoms with Crippen LogP contribution in [0.2, 0.25) is 0 Å². The first-order valence-electron chi connectivity index (χ1n) is 4.32. The van der Waals surface area contributed by atoms with Crippen LogP contribution in [0, 0.1) is 0 Å². The number of hydrogen-bond acceptors (Lipinski definition) is 4. The molecular weight excluding hydrogens is 174 g/mol. The zero-order valence-corrected chi connectivity index (χ0v) is 7.55. The van der Waals surface area contributed by atoms with E-state index in [1.807, 2.05) is 0 Å². The van der Waals surface area contributed by atoms with Gasteiger partial charge in [0, 0.05) is 6.54 Å². The van der Waals surface area contributed by atoms with E-state index in [1.54, 1.807) is 0 Å². The Kier molecular flexibility index (Phi) is 3.24. The van der Waals surface area contributed by atoms with E-state index in [0.717, 1.165) is 0 Å². The molecule has 1 aliphatic heterocycles. The Balaban J connectivity index is 2.64. The van der Waals surface area contributed by atoms with E-state index in [4.69, 9.17) is 5.11 Å². The van der Waals surface area contributed by atoms with Gasteiger partial charge in [-0.15, -0.1) is 0 Å². The van der Waals surface area contributed by atoms with Crippen molar-refractivity contribution in [2.75, 3.05) is 13.2 Å². The fourth-order valence-electron chi connectivity index (χ4n) is 1.54. The van der Waals surface area contributed by atoms with Gasteiger partial charge in [-0.2, -0.15) is 0 Å². The molecule has 1 heterocycles. The van der Waals surface area contributed by atoms with Crippen molar-refractivity contribution in [2.24, 2.45) is 0 Å². The molecule has 1 saturated heterocycles. The van der Waals surface area contributed by atoms with Crippen LogP contribution in [0.4, 0.5) is 0 Å². The first-order valence-corrected chi connectivity index (χ1v) is 4.32. The van der Waals surface area contributed by atoms with Crippen LogP contribution < -0.4 is 0 Å². The van der Waals surface area contributed by atoms with E-state index in [9.17, 15) is 15.0 Å². The minimum Gasteiger partial charge on any atom is -0.394 e. The molecular formula is C8H15NO4. The Morgan fingerprint density at radius 1 is 1.69 bits per heavy atom. The third kappa shape index (κ3) is 2.18. The molecule has 5 nitrogen and oxygen atoms in total. The molecule has 5 heteroatoms. The summed E-state index contributed by atoms with van der Waals surface area (Å²) in [5.74, 6) is -0.215. The molecule has 3 atom stereocenters. The van der Waals surface area contributed by atoms with Crippen LogP contribution in [-0.2, 0) is 4.79 Å². The Bertz CT molecular complexity index is 195. The van der Waals surface area contributed by atoms with Gasteiger partial charge in [0.25, 0.3) is 0 Å². The number of aliphatic hydroxyl groups excluding tert-OH is 3. The van der Waals surface area contributed by atoms with Crippen molar-refractivity contribution in [3.05, 3.63) is 0 Å². The van der Waals surface area contributed by atoms with Gasteiger partial charge >= 0.3 is 0 Å². The third-order valence-electron chi connectivity index (χ3n) is 2.28. The predicted molar refractivity (Wildman–Crippen MR) is 44.9 cm³/mol. The second-order valence-corrected chi connectivity index (χ2v) is 3.39. The number of carbonyl (C=O) groups is 1. The maximum absolute atomic E-state index is 11.2. The lowest BCUT2D eigenvalue weighted by Gasteiger charge is -2.28. The lowest BCUT2D eigenvalue weighted by Crippen LogP contribution is -2.46. The summed E-state index contributed by atoms with van der Waals surface area (Å²) in [6.07, 6.45) is -1.36. The number of likely N-dealkylation sites (tertiary alicyclic amines) is 1. The van der Waals surface area contributed by atoms with Crippen LogP contribution >= 0.6 is 0 Å². The average Bonchev–Trinajstić information content (AvgIpc) is 2.31. The van der Waals surface area contributed by atoms with Crippen molar-refractivity contribution in [3.63, 3.8) is 0 Å². The summed E-state index contributed by atoms with van der Waals surface area (Å²) >= 11 is 0. The molecule has 0 bridgehead atoms. The van der Waals surface area contributed by atoms with Crippen molar-refractivity contribution in [2.45, 2.75) is 31.6 Å². The quantitative estimate of drug-likeness (QED) is 0.495. The van der Waals surface area contributed by atoms with Gasteiger partial charge in [-0.1, -0.05) is 0 Å². The SMILES string of the molecule is C[C@@H](O)[C@@H](CO)N1CC(O)CC1=O. The molecule has 1 rings (SSSR count). The molecule has 1 amide bonds. The minimum atomic E-state index is -0.778. The molecule has 0 aromatic heterocycles. The Hall–Kier alpha value is -0.650. The summed E-state index contributed by atoms with van der Waals surface area (Å²) in [4.78, 5) is 12.6. The third-order valence-corrected chi connectivity index (χ3v) is 2.28. The highest BCUT2D eigenvalue weighted by Gasteiger charge is 2.34. The smallest absolute Gasteiger partial charge is 0.225 e. The first kappa shape index (κ1) is 10.4. The highest BCUT2D eigenvalue weighted by Crippen LogP contribution is 2.16. The summed E-state index contributed by atoms with van der Waals surface area (Å²) in [6, 6.07) is -0.593. The zero-order chi connectivity index (χ0) is 10.0. The van der Waals surface area contributed by atoms with Crippen molar-refractivity contribution in [1.29, 1.82) is 0 Å². The highest BCUT2D eigenvalue weighted by atomic mass is 16.3. The summed E-state index contributed by atoms with van der Waals surface area (Å²) in [7, 11) is 0. The molecule has 0 radical (unpaired) electrons. The van der Waals surface area contributed by atoms with Gasteiger partial charge in [0.2, 0.25) is 5.91 Å². The van der Waals surface area contributed by atoms with Gasteiger partial charge in [0.05, 0.1) is 31.3 Å². The van der Waals surface area contributed by atoms with Gasteiger partial charge in [-0.25, -0.2) is 0 Å². The van der Waals surface area contributed by atoms with E-state index < -0.39 is 18.2 Å². The highest BCUT2D eigenvalue weighted by molar-refractivity contribution is 5.79. The van der Waals surface area contributed by atoms with E-state index in [-0.39, 0.29) is 25.5 Å². The van der Waals surface area contributed by atoms with E-state index >= 15 is 0 Å². The monoisotopic (exact) mass is 189 g/mol. The topological polar surface area (TPSA) is 81.0 Å². The van der Waals surface area contributed by atoms with Crippen LogP contribution in [-0.4, -0.2) is 57.5 Å². The maximum Gasteiger partial charge on any atom is 0.225 e. The molecule has 1 unspecified atom stereocenters. The van der Waals surface area contributed by atoms with Crippen LogP contribution in [0.1, 0.15) is 13.3 Å². The second kappa shape index (κ2) is 4.04. The van der Waals surface area contributed by atoms with Crippen molar-refractivity contribution in [3.8, 4) is 0 Å². The number of aliphatic hydroxyl groups is 3. The molecule has 1 aliphatic rings. The number of nitrogens with zero attached hydrogens (tertiary/aromatic N) is 1.